The molecule has 0 atom stereocenters. The molecule has 0 radical (unpaired) electrons. The largest absolute Gasteiger partial charge is 0.452 e. The Labute approximate surface area is 248 Å². The summed E-state index contributed by atoms with van der Waals surface area (Å²) in [6, 6.07) is 11.3. The molecular formula is C24H27Cl2N7O3S3. The molecule has 1 N–H and O–H groups in total. The van der Waals surface area contributed by atoms with Gasteiger partial charge in [-0.2, -0.15) is 4.37 Å². The standard InChI is InChI=1S/C24H25N7O3S3.2ClH/c1-16-19(6-5-11-25-16)34-20-14-18(35-21-7-3-4-10-26-21)15-27-23(20)29-24-28-22(30-36-24)17-8-12-31(13-9-17)37(2,32)33;;/h3-7,10-11,14-15,17H,8-9,12-13H2,1-2H3,(H,27,28,29,30);2*1H. The van der Waals surface area contributed by atoms with E-state index in [1.807, 2.05) is 43.3 Å². The number of nitrogens with one attached hydrogen (secondary N) is 1. The second-order valence-corrected chi connectivity index (χ2v) is 12.3. The molecule has 10 nitrogen and oxygen atoms in total. The first-order chi connectivity index (χ1) is 17.8. The molecule has 0 aliphatic carbocycles. The van der Waals surface area contributed by atoms with Crippen LogP contribution in [0.25, 0.3) is 0 Å². The molecule has 208 valence electrons. The minimum absolute atomic E-state index is 0. The zero-order chi connectivity index (χ0) is 25.8. The Morgan fingerprint density at radius 1 is 1.05 bits per heavy atom. The average molecular weight is 629 g/mol. The van der Waals surface area contributed by atoms with Gasteiger partial charge >= 0.3 is 0 Å². The molecule has 1 fully saturated rings. The van der Waals surface area contributed by atoms with Gasteiger partial charge in [-0.25, -0.2) is 27.7 Å². The zero-order valence-corrected chi connectivity index (χ0v) is 25.1. The fourth-order valence-electron chi connectivity index (χ4n) is 3.88. The predicted octanol–water partition coefficient (Wildman–Crippen LogP) is 5.70. The van der Waals surface area contributed by atoms with Crippen LogP contribution in [0.5, 0.6) is 11.5 Å². The Hall–Kier alpha value is -2.55. The van der Waals surface area contributed by atoms with Crippen LogP contribution >= 0.6 is 48.1 Å². The number of hydrogen-bond donors (Lipinski definition) is 1. The molecule has 4 aromatic heterocycles. The quantitative estimate of drug-likeness (QED) is 0.260. The van der Waals surface area contributed by atoms with E-state index in [4.69, 9.17) is 4.74 Å². The van der Waals surface area contributed by atoms with E-state index >= 15 is 0 Å². The molecule has 4 aromatic rings. The molecule has 0 aromatic carbocycles. The molecule has 5 heterocycles. The summed E-state index contributed by atoms with van der Waals surface area (Å²) in [6.45, 7) is 2.84. The Morgan fingerprint density at radius 3 is 2.51 bits per heavy atom. The highest BCUT2D eigenvalue weighted by molar-refractivity contribution is 7.99. The maximum atomic E-state index is 11.8. The van der Waals surface area contributed by atoms with Crippen molar-refractivity contribution in [3.63, 3.8) is 0 Å². The van der Waals surface area contributed by atoms with Crippen molar-refractivity contribution < 1.29 is 13.2 Å². The molecule has 0 bridgehead atoms. The second-order valence-electron chi connectivity index (χ2n) is 8.50. The van der Waals surface area contributed by atoms with Crippen LogP contribution in [0.2, 0.25) is 0 Å². The summed E-state index contributed by atoms with van der Waals surface area (Å²) in [6.07, 6.45) is 7.85. The van der Waals surface area contributed by atoms with Gasteiger partial charge in [-0.05, 0) is 44.0 Å². The first kappa shape index (κ1) is 31.0. The summed E-state index contributed by atoms with van der Waals surface area (Å²) in [5, 5.41) is 4.69. The van der Waals surface area contributed by atoms with Crippen molar-refractivity contribution in [2.75, 3.05) is 24.7 Å². The van der Waals surface area contributed by atoms with Crippen LogP contribution in [0, 0.1) is 6.92 Å². The Bertz CT molecular complexity index is 1490. The molecule has 1 aliphatic heterocycles. The number of nitrogens with zero attached hydrogens (tertiary/aromatic N) is 6. The summed E-state index contributed by atoms with van der Waals surface area (Å²) in [4.78, 5) is 18.8. The van der Waals surface area contributed by atoms with E-state index < -0.39 is 10.0 Å². The third-order valence-corrected chi connectivity index (χ3v) is 8.68. The highest BCUT2D eigenvalue weighted by Crippen LogP contribution is 2.37. The van der Waals surface area contributed by atoms with E-state index in [-0.39, 0.29) is 30.7 Å². The first-order valence-electron chi connectivity index (χ1n) is 11.6. The summed E-state index contributed by atoms with van der Waals surface area (Å²) >= 11 is 2.73. The minimum Gasteiger partial charge on any atom is -0.452 e. The predicted molar refractivity (Wildman–Crippen MR) is 158 cm³/mol. The lowest BCUT2D eigenvalue weighted by Gasteiger charge is -2.28. The van der Waals surface area contributed by atoms with Crippen LogP contribution in [0.4, 0.5) is 10.9 Å². The van der Waals surface area contributed by atoms with E-state index in [1.165, 1.54) is 33.9 Å². The number of sulfonamides is 1. The molecular weight excluding hydrogens is 601 g/mol. The van der Waals surface area contributed by atoms with Gasteiger partial charge in [0.25, 0.3) is 0 Å². The van der Waals surface area contributed by atoms with E-state index in [2.05, 4.69) is 29.6 Å². The number of ether oxygens (including phenoxy) is 1. The molecule has 0 amide bonds. The third-order valence-electron chi connectivity index (χ3n) is 5.82. The zero-order valence-electron chi connectivity index (χ0n) is 21.1. The fourth-order valence-corrected chi connectivity index (χ4v) is 6.17. The molecule has 39 heavy (non-hydrogen) atoms. The Kier molecular flexibility index (Phi) is 10.9. The van der Waals surface area contributed by atoms with Gasteiger partial charge in [0.1, 0.15) is 16.6 Å². The number of aryl methyl sites for hydroxylation is 1. The van der Waals surface area contributed by atoms with E-state index in [9.17, 15) is 8.42 Å². The van der Waals surface area contributed by atoms with Gasteiger partial charge < -0.3 is 10.1 Å². The van der Waals surface area contributed by atoms with Crippen LogP contribution in [0.15, 0.2) is 64.9 Å². The lowest BCUT2D eigenvalue weighted by Crippen LogP contribution is -2.37. The lowest BCUT2D eigenvalue weighted by atomic mass is 9.98. The third kappa shape index (κ3) is 7.99. The van der Waals surface area contributed by atoms with Crippen LogP contribution in [0.1, 0.15) is 30.3 Å². The normalized spacial score (nSPS) is 14.2. The van der Waals surface area contributed by atoms with Crippen LogP contribution < -0.4 is 10.1 Å². The van der Waals surface area contributed by atoms with Crippen molar-refractivity contribution in [3.05, 3.63) is 66.5 Å². The number of piperidine rings is 1. The van der Waals surface area contributed by atoms with Crippen LogP contribution in [-0.4, -0.2) is 56.4 Å². The number of anilines is 2. The molecule has 5 rings (SSSR count). The molecule has 15 heteroatoms. The second kappa shape index (κ2) is 13.7. The van der Waals surface area contributed by atoms with Crippen molar-refractivity contribution in [1.29, 1.82) is 0 Å². The summed E-state index contributed by atoms with van der Waals surface area (Å²) in [5.74, 6) is 2.48. The smallest absolute Gasteiger partial charge is 0.211 e. The average Bonchev–Trinajstić information content (AvgIpc) is 3.36. The molecule has 0 saturated carbocycles. The highest BCUT2D eigenvalue weighted by Gasteiger charge is 2.28. The minimum atomic E-state index is -3.17. The van der Waals surface area contributed by atoms with Crippen molar-refractivity contribution >= 4 is 69.1 Å². The van der Waals surface area contributed by atoms with E-state index in [0.29, 0.717) is 54.2 Å². The summed E-state index contributed by atoms with van der Waals surface area (Å²) in [5.41, 5.74) is 0.759. The monoisotopic (exact) mass is 627 g/mol. The number of hydrogen-bond acceptors (Lipinski definition) is 11. The maximum absolute atomic E-state index is 11.8. The fraction of sp³-hybridized carbons (Fsp3) is 0.292. The molecule has 1 aliphatic rings. The van der Waals surface area contributed by atoms with Gasteiger partial charge in [-0.1, -0.05) is 17.8 Å². The van der Waals surface area contributed by atoms with Crippen molar-refractivity contribution in [3.8, 4) is 11.5 Å². The molecule has 1 saturated heterocycles. The van der Waals surface area contributed by atoms with Gasteiger partial charge in [0.15, 0.2) is 11.6 Å². The van der Waals surface area contributed by atoms with Gasteiger partial charge in [0, 0.05) is 60.1 Å². The van der Waals surface area contributed by atoms with E-state index in [0.717, 1.165) is 15.6 Å². The molecule has 0 spiro atoms. The van der Waals surface area contributed by atoms with Gasteiger partial charge in [-0.3, -0.25) is 4.98 Å². The SMILES string of the molecule is Cc1ncccc1Oc1cc(Sc2ccccn2)cnc1Nc1nc(C2CCN(S(C)(=O)=O)CC2)ns1.Cl.Cl. The van der Waals surface area contributed by atoms with Crippen molar-refractivity contribution in [2.45, 2.75) is 35.6 Å². The number of halogens is 2. The Balaban J connectivity index is 0.00000210. The van der Waals surface area contributed by atoms with Crippen LogP contribution in [-0.2, 0) is 10.0 Å². The number of rotatable bonds is 8. The van der Waals surface area contributed by atoms with Gasteiger partial charge in [0.2, 0.25) is 15.2 Å². The Morgan fingerprint density at radius 2 is 1.82 bits per heavy atom. The van der Waals surface area contributed by atoms with Gasteiger partial charge in [0.05, 0.1) is 11.9 Å². The van der Waals surface area contributed by atoms with Crippen molar-refractivity contribution in [1.82, 2.24) is 28.6 Å². The van der Waals surface area contributed by atoms with Crippen molar-refractivity contribution in [2.24, 2.45) is 0 Å². The topological polar surface area (TPSA) is 123 Å². The highest BCUT2D eigenvalue weighted by atomic mass is 35.5. The summed E-state index contributed by atoms with van der Waals surface area (Å²) < 4.78 is 35.9. The maximum Gasteiger partial charge on any atom is 0.211 e. The van der Waals surface area contributed by atoms with E-state index in [1.54, 1.807) is 18.6 Å². The van der Waals surface area contributed by atoms with Crippen LogP contribution in [0.3, 0.4) is 0 Å². The van der Waals surface area contributed by atoms with Gasteiger partial charge in [-0.15, -0.1) is 24.8 Å². The first-order valence-corrected chi connectivity index (χ1v) is 15.0. The molecule has 0 unspecified atom stereocenters. The summed E-state index contributed by atoms with van der Waals surface area (Å²) in [7, 11) is -3.17. The number of aromatic nitrogens is 5. The number of pyridine rings is 3. The lowest BCUT2D eigenvalue weighted by molar-refractivity contribution is 0.316.